The fourth-order valence-corrected chi connectivity index (χ4v) is 2.82. The molecule has 1 N–H and O–H groups in total. The normalized spacial score (nSPS) is 21.2. The van der Waals surface area contributed by atoms with Crippen LogP contribution in [0.15, 0.2) is 40.1 Å². The highest BCUT2D eigenvalue weighted by Crippen LogP contribution is 2.47. The lowest BCUT2D eigenvalue weighted by atomic mass is 10.3. The van der Waals surface area contributed by atoms with Gasteiger partial charge in [0.15, 0.2) is 0 Å². The maximum absolute atomic E-state index is 11.7. The molecule has 1 saturated carbocycles. The first-order valence-corrected chi connectivity index (χ1v) is 7.68. The molecule has 0 aliphatic heterocycles. The molecule has 0 bridgehead atoms. The van der Waals surface area contributed by atoms with Crippen molar-refractivity contribution in [2.24, 2.45) is 5.92 Å². The Morgan fingerprint density at radius 3 is 3.05 bits per heavy atom. The van der Waals surface area contributed by atoms with E-state index in [0.717, 1.165) is 22.3 Å². The zero-order valence-electron chi connectivity index (χ0n) is 11.3. The molecule has 0 spiro atoms. The van der Waals surface area contributed by atoms with Crippen molar-refractivity contribution in [1.82, 2.24) is 5.32 Å². The van der Waals surface area contributed by atoms with Gasteiger partial charge in [-0.15, -0.1) is 11.3 Å². The highest BCUT2D eigenvalue weighted by atomic mass is 32.1. The van der Waals surface area contributed by atoms with Gasteiger partial charge >= 0.3 is 0 Å². The number of hydrogen-bond acceptors (Lipinski definition) is 3. The minimum absolute atomic E-state index is 0.101. The number of hydrogen-bond donors (Lipinski definition) is 1. The lowest BCUT2D eigenvalue weighted by Gasteiger charge is -1.98. The van der Waals surface area contributed by atoms with Crippen molar-refractivity contribution in [3.05, 3.63) is 52.1 Å². The van der Waals surface area contributed by atoms with E-state index in [1.165, 1.54) is 12.5 Å². The molecular formula is C16H17NO2S. The van der Waals surface area contributed by atoms with Crippen LogP contribution in [-0.4, -0.2) is 5.91 Å². The van der Waals surface area contributed by atoms with Gasteiger partial charge in [0.05, 0.1) is 6.54 Å². The van der Waals surface area contributed by atoms with Crippen LogP contribution in [0, 0.1) is 5.92 Å². The Bertz CT molecular complexity index is 612. The number of amides is 1. The van der Waals surface area contributed by atoms with Crippen LogP contribution in [0.25, 0.3) is 6.08 Å². The molecule has 1 aliphatic carbocycles. The number of carbonyl (C=O) groups excluding carboxylic acids is 1. The van der Waals surface area contributed by atoms with Gasteiger partial charge in [0.1, 0.15) is 11.5 Å². The molecule has 2 atom stereocenters. The fraction of sp³-hybridized carbons (Fsp3) is 0.312. The van der Waals surface area contributed by atoms with Crippen molar-refractivity contribution in [1.29, 1.82) is 0 Å². The molecule has 1 amide bonds. The molecule has 0 radical (unpaired) electrons. The van der Waals surface area contributed by atoms with E-state index in [9.17, 15) is 4.79 Å². The third-order valence-electron chi connectivity index (χ3n) is 3.54. The summed E-state index contributed by atoms with van der Waals surface area (Å²) in [5.41, 5.74) is 0. The highest BCUT2D eigenvalue weighted by Gasteiger charge is 2.36. The van der Waals surface area contributed by atoms with Crippen LogP contribution in [-0.2, 0) is 11.3 Å². The molecule has 0 saturated heterocycles. The summed E-state index contributed by atoms with van der Waals surface area (Å²) in [5, 5.41) is 4.85. The molecule has 1 fully saturated rings. The topological polar surface area (TPSA) is 42.2 Å². The lowest BCUT2D eigenvalue weighted by molar-refractivity contribution is -0.116. The number of furan rings is 1. The molecule has 2 aromatic heterocycles. The zero-order valence-corrected chi connectivity index (χ0v) is 12.2. The third kappa shape index (κ3) is 3.20. The quantitative estimate of drug-likeness (QED) is 0.850. The Morgan fingerprint density at radius 2 is 2.35 bits per heavy atom. The second-order valence-corrected chi connectivity index (χ2v) is 6.22. The highest BCUT2D eigenvalue weighted by molar-refractivity contribution is 7.09. The van der Waals surface area contributed by atoms with E-state index in [1.54, 1.807) is 17.4 Å². The van der Waals surface area contributed by atoms with Gasteiger partial charge in [-0.05, 0) is 42.0 Å². The first-order valence-electron chi connectivity index (χ1n) is 6.80. The van der Waals surface area contributed by atoms with Crippen LogP contribution < -0.4 is 5.32 Å². The van der Waals surface area contributed by atoms with Gasteiger partial charge in [-0.1, -0.05) is 13.0 Å². The average Bonchev–Trinajstić information content (AvgIpc) is 2.92. The molecule has 2 heterocycles. The van der Waals surface area contributed by atoms with Crippen molar-refractivity contribution >= 4 is 23.3 Å². The molecule has 20 heavy (non-hydrogen) atoms. The van der Waals surface area contributed by atoms with Crippen molar-refractivity contribution in [2.45, 2.75) is 25.8 Å². The number of nitrogens with one attached hydrogen (secondary N) is 1. The zero-order chi connectivity index (χ0) is 13.9. The van der Waals surface area contributed by atoms with Crippen LogP contribution in [0.1, 0.15) is 35.7 Å². The van der Waals surface area contributed by atoms with Crippen LogP contribution in [0.4, 0.5) is 0 Å². The second-order valence-electron chi connectivity index (χ2n) is 5.19. The van der Waals surface area contributed by atoms with E-state index in [1.807, 2.05) is 29.6 Å². The van der Waals surface area contributed by atoms with Crippen molar-refractivity contribution in [3.63, 3.8) is 0 Å². The molecule has 4 heteroatoms. The predicted molar refractivity (Wildman–Crippen MR) is 80.4 cm³/mol. The third-order valence-corrected chi connectivity index (χ3v) is 4.41. The van der Waals surface area contributed by atoms with Crippen molar-refractivity contribution in [3.8, 4) is 0 Å². The standard InChI is InChI=1S/C16H17NO2S/c1-11-9-14(11)15-6-4-12(19-15)5-7-16(18)17-10-13-3-2-8-20-13/h2-8,11,14H,9-10H2,1H3,(H,17,18)/b7-5+/t11-,14-/m0/s1. The molecule has 104 valence electrons. The maximum Gasteiger partial charge on any atom is 0.244 e. The molecule has 3 nitrogen and oxygen atoms in total. The lowest BCUT2D eigenvalue weighted by Crippen LogP contribution is -2.19. The van der Waals surface area contributed by atoms with Crippen LogP contribution in [0.2, 0.25) is 0 Å². The van der Waals surface area contributed by atoms with Crippen LogP contribution in [0.3, 0.4) is 0 Å². The Kier molecular flexibility index (Phi) is 3.74. The van der Waals surface area contributed by atoms with Gasteiger partial charge in [0.2, 0.25) is 5.91 Å². The van der Waals surface area contributed by atoms with Gasteiger partial charge in [-0.2, -0.15) is 0 Å². The smallest absolute Gasteiger partial charge is 0.244 e. The summed E-state index contributed by atoms with van der Waals surface area (Å²) in [4.78, 5) is 12.8. The fourth-order valence-electron chi connectivity index (χ4n) is 2.18. The molecule has 0 unspecified atom stereocenters. The van der Waals surface area contributed by atoms with Crippen molar-refractivity contribution in [2.75, 3.05) is 0 Å². The molecule has 0 aromatic carbocycles. The van der Waals surface area contributed by atoms with Gasteiger partial charge in [0.25, 0.3) is 0 Å². The largest absolute Gasteiger partial charge is 0.461 e. The van der Waals surface area contributed by atoms with E-state index in [2.05, 4.69) is 12.2 Å². The molecular weight excluding hydrogens is 270 g/mol. The van der Waals surface area contributed by atoms with E-state index in [4.69, 9.17) is 4.42 Å². The summed E-state index contributed by atoms with van der Waals surface area (Å²) < 4.78 is 5.71. The Balaban J connectivity index is 1.51. The summed E-state index contributed by atoms with van der Waals surface area (Å²) in [6.07, 6.45) is 4.45. The monoisotopic (exact) mass is 287 g/mol. The van der Waals surface area contributed by atoms with Crippen LogP contribution in [0.5, 0.6) is 0 Å². The summed E-state index contributed by atoms with van der Waals surface area (Å²) in [6.45, 7) is 2.80. The van der Waals surface area contributed by atoms with Gasteiger partial charge in [-0.3, -0.25) is 4.79 Å². The Morgan fingerprint density at radius 1 is 1.50 bits per heavy atom. The summed E-state index contributed by atoms with van der Waals surface area (Å²) in [6, 6.07) is 7.91. The summed E-state index contributed by atoms with van der Waals surface area (Å²) >= 11 is 1.64. The maximum atomic E-state index is 11.7. The minimum atomic E-state index is -0.101. The average molecular weight is 287 g/mol. The molecule has 2 aromatic rings. The number of rotatable bonds is 5. The predicted octanol–water partition coefficient (Wildman–Crippen LogP) is 3.79. The van der Waals surface area contributed by atoms with Gasteiger partial charge in [0, 0.05) is 16.9 Å². The van der Waals surface area contributed by atoms with Gasteiger partial charge in [-0.25, -0.2) is 0 Å². The Hall–Kier alpha value is -1.81. The summed E-state index contributed by atoms with van der Waals surface area (Å²) in [7, 11) is 0. The Labute approximate surface area is 122 Å². The first-order chi connectivity index (χ1) is 9.72. The van der Waals surface area contributed by atoms with E-state index in [-0.39, 0.29) is 5.91 Å². The number of thiophene rings is 1. The van der Waals surface area contributed by atoms with Crippen LogP contribution >= 0.6 is 11.3 Å². The SMILES string of the molecule is C[C@H]1C[C@@H]1c1ccc(/C=C/C(=O)NCc2cccs2)o1. The number of carbonyl (C=O) groups is 1. The van der Waals surface area contributed by atoms with Gasteiger partial charge < -0.3 is 9.73 Å². The molecule has 1 aliphatic rings. The molecule has 3 rings (SSSR count). The summed E-state index contributed by atoms with van der Waals surface area (Å²) in [5.74, 6) is 2.98. The first kappa shape index (κ1) is 13.2. The van der Waals surface area contributed by atoms with E-state index in [0.29, 0.717) is 12.5 Å². The van der Waals surface area contributed by atoms with E-state index < -0.39 is 0 Å². The van der Waals surface area contributed by atoms with Crippen molar-refractivity contribution < 1.29 is 9.21 Å². The minimum Gasteiger partial charge on any atom is -0.461 e. The van der Waals surface area contributed by atoms with E-state index >= 15 is 0 Å². The second kappa shape index (κ2) is 5.67.